The molecule has 1 saturated heterocycles. The van der Waals surface area contributed by atoms with Crippen molar-refractivity contribution < 1.29 is 4.79 Å². The van der Waals surface area contributed by atoms with Gasteiger partial charge in [-0.3, -0.25) is 4.79 Å². The molecule has 4 rings (SSSR count). The van der Waals surface area contributed by atoms with Crippen LogP contribution in [0.2, 0.25) is 5.02 Å². The first-order valence-corrected chi connectivity index (χ1v) is 8.97. The quantitative estimate of drug-likeness (QED) is 0.853. The van der Waals surface area contributed by atoms with Crippen molar-refractivity contribution in [3.63, 3.8) is 0 Å². The minimum Gasteiger partial charge on any atom is -0.373 e. The predicted molar refractivity (Wildman–Crippen MR) is 103 cm³/mol. The number of likely N-dealkylation sites (N-methyl/N-ethyl adjacent to an activating group) is 1. The molecule has 25 heavy (non-hydrogen) atoms. The Balaban J connectivity index is 1.70. The highest BCUT2D eigenvalue weighted by Crippen LogP contribution is 2.39. The zero-order valence-electron chi connectivity index (χ0n) is 14.6. The van der Waals surface area contributed by atoms with Gasteiger partial charge in [0, 0.05) is 36.0 Å². The van der Waals surface area contributed by atoms with Gasteiger partial charge in [-0.2, -0.15) is 0 Å². The second kappa shape index (κ2) is 6.04. The largest absolute Gasteiger partial charge is 0.373 e. The lowest BCUT2D eigenvalue weighted by Crippen LogP contribution is -2.62. The second-order valence-corrected chi connectivity index (χ2v) is 7.59. The minimum absolute atomic E-state index is 0.150. The van der Waals surface area contributed by atoms with E-state index in [9.17, 15) is 4.79 Å². The van der Waals surface area contributed by atoms with E-state index in [-0.39, 0.29) is 5.54 Å². The van der Waals surface area contributed by atoms with Crippen LogP contribution in [-0.2, 0) is 16.8 Å². The van der Waals surface area contributed by atoms with Crippen molar-refractivity contribution in [1.29, 1.82) is 0 Å². The first kappa shape index (κ1) is 16.4. The van der Waals surface area contributed by atoms with Crippen LogP contribution in [0.25, 0.3) is 0 Å². The fourth-order valence-corrected chi connectivity index (χ4v) is 4.36. The Morgan fingerprint density at radius 3 is 2.76 bits per heavy atom. The van der Waals surface area contributed by atoms with Gasteiger partial charge < -0.3 is 15.1 Å². The van der Waals surface area contributed by atoms with Crippen LogP contribution in [0.15, 0.2) is 36.4 Å². The number of fused-ring (bicyclic) bond motifs is 1. The topological polar surface area (TPSA) is 35.6 Å². The van der Waals surface area contributed by atoms with E-state index in [1.165, 1.54) is 11.1 Å². The summed E-state index contributed by atoms with van der Waals surface area (Å²) in [4.78, 5) is 15.3. The molecule has 2 heterocycles. The lowest BCUT2D eigenvalue weighted by Gasteiger charge is -2.50. The van der Waals surface area contributed by atoms with Crippen LogP contribution in [0, 0.1) is 6.92 Å². The number of nitrogens with zero attached hydrogens (tertiary/aromatic N) is 2. The Labute approximate surface area is 153 Å². The second-order valence-electron chi connectivity index (χ2n) is 7.18. The van der Waals surface area contributed by atoms with E-state index in [0.717, 1.165) is 54.4 Å². The van der Waals surface area contributed by atoms with Gasteiger partial charge >= 0.3 is 0 Å². The summed E-state index contributed by atoms with van der Waals surface area (Å²) in [5, 5.41) is 4.54. The molecule has 0 atom stereocenters. The highest BCUT2D eigenvalue weighted by molar-refractivity contribution is 6.31. The molecule has 1 amide bonds. The summed E-state index contributed by atoms with van der Waals surface area (Å²) in [6.45, 7) is 4.69. The number of anilines is 2. The Kier molecular flexibility index (Phi) is 3.97. The molecule has 0 unspecified atom stereocenters. The molecular formula is C20H22ClN3O. The van der Waals surface area contributed by atoms with Gasteiger partial charge in [-0.25, -0.2) is 0 Å². The standard InChI is InChI=1S/C20H22ClN3O/c1-14-17(4-3-5-18(14)21)20(11-23(2)12-20)22-16-7-6-15-8-9-24(13-25)19(15)10-16/h3-7,10,13,22H,8-9,11-12H2,1-2H3. The normalized spacial score (nSPS) is 18.6. The van der Waals surface area contributed by atoms with Crippen LogP contribution >= 0.6 is 11.6 Å². The molecule has 0 spiro atoms. The average Bonchev–Trinajstić information content (AvgIpc) is 2.98. The van der Waals surface area contributed by atoms with E-state index in [4.69, 9.17) is 11.6 Å². The molecule has 1 fully saturated rings. The number of amides is 1. The molecule has 5 heteroatoms. The number of carbonyl (C=O) groups excluding carboxylic acids is 1. The number of halogens is 1. The van der Waals surface area contributed by atoms with Crippen molar-refractivity contribution in [2.24, 2.45) is 0 Å². The van der Waals surface area contributed by atoms with Crippen molar-refractivity contribution in [2.75, 3.05) is 36.9 Å². The first-order chi connectivity index (χ1) is 12.0. The number of carbonyl (C=O) groups is 1. The van der Waals surface area contributed by atoms with Crippen molar-refractivity contribution >= 4 is 29.4 Å². The lowest BCUT2D eigenvalue weighted by molar-refractivity contribution is -0.107. The fourth-order valence-electron chi connectivity index (χ4n) is 4.19. The van der Waals surface area contributed by atoms with Crippen LogP contribution in [0.3, 0.4) is 0 Å². The van der Waals surface area contributed by atoms with E-state index in [2.05, 4.69) is 48.5 Å². The average molecular weight is 356 g/mol. The third-order valence-corrected chi connectivity index (χ3v) is 5.80. The van der Waals surface area contributed by atoms with Crippen molar-refractivity contribution in [1.82, 2.24) is 4.90 Å². The zero-order chi connectivity index (χ0) is 17.6. The molecule has 2 aliphatic heterocycles. The highest BCUT2D eigenvalue weighted by Gasteiger charge is 2.44. The SMILES string of the molecule is Cc1c(Cl)cccc1C1(Nc2ccc3c(c2)N(C=O)CC3)CN(C)C1. The van der Waals surface area contributed by atoms with Crippen LogP contribution in [0.5, 0.6) is 0 Å². The van der Waals surface area contributed by atoms with Crippen molar-refractivity contribution in [3.05, 3.63) is 58.1 Å². The van der Waals surface area contributed by atoms with Gasteiger partial charge in [-0.15, -0.1) is 0 Å². The van der Waals surface area contributed by atoms with Gasteiger partial charge in [-0.05, 0) is 55.3 Å². The molecule has 2 aliphatic rings. The van der Waals surface area contributed by atoms with Crippen LogP contribution in [-0.4, -0.2) is 38.0 Å². The molecule has 2 aromatic carbocycles. The van der Waals surface area contributed by atoms with Gasteiger partial charge in [0.2, 0.25) is 6.41 Å². The molecule has 0 radical (unpaired) electrons. The number of rotatable bonds is 4. The van der Waals surface area contributed by atoms with E-state index in [0.29, 0.717) is 0 Å². The molecule has 130 valence electrons. The van der Waals surface area contributed by atoms with Crippen molar-refractivity contribution in [2.45, 2.75) is 18.9 Å². The van der Waals surface area contributed by atoms with Gasteiger partial charge in [0.1, 0.15) is 0 Å². The Morgan fingerprint density at radius 2 is 2.04 bits per heavy atom. The maximum absolute atomic E-state index is 11.3. The zero-order valence-corrected chi connectivity index (χ0v) is 15.3. The van der Waals surface area contributed by atoms with Gasteiger partial charge in [0.05, 0.1) is 5.54 Å². The van der Waals surface area contributed by atoms with E-state index >= 15 is 0 Å². The summed E-state index contributed by atoms with van der Waals surface area (Å²) in [7, 11) is 2.12. The summed E-state index contributed by atoms with van der Waals surface area (Å²) in [6.07, 6.45) is 1.85. The van der Waals surface area contributed by atoms with E-state index in [1.54, 1.807) is 4.90 Å². The number of benzene rings is 2. The highest BCUT2D eigenvalue weighted by atomic mass is 35.5. The number of likely N-dealkylation sites (tertiary alicyclic amines) is 1. The molecule has 1 N–H and O–H groups in total. The third-order valence-electron chi connectivity index (χ3n) is 5.39. The fraction of sp³-hybridized carbons (Fsp3) is 0.350. The van der Waals surface area contributed by atoms with Gasteiger partial charge in [-0.1, -0.05) is 29.8 Å². The van der Waals surface area contributed by atoms with Gasteiger partial charge in [0.15, 0.2) is 0 Å². The number of hydrogen-bond donors (Lipinski definition) is 1. The monoisotopic (exact) mass is 355 g/mol. The molecule has 0 bridgehead atoms. The summed E-state index contributed by atoms with van der Waals surface area (Å²) in [5.74, 6) is 0. The molecule has 0 saturated carbocycles. The van der Waals surface area contributed by atoms with E-state index in [1.807, 2.05) is 12.1 Å². The summed E-state index contributed by atoms with van der Waals surface area (Å²) in [5.41, 5.74) is 5.51. The lowest BCUT2D eigenvalue weighted by atomic mass is 9.80. The Hall–Kier alpha value is -2.04. The predicted octanol–water partition coefficient (Wildman–Crippen LogP) is 3.42. The molecular weight excluding hydrogens is 334 g/mol. The van der Waals surface area contributed by atoms with Gasteiger partial charge in [0.25, 0.3) is 0 Å². The minimum atomic E-state index is -0.150. The summed E-state index contributed by atoms with van der Waals surface area (Å²) >= 11 is 6.37. The summed E-state index contributed by atoms with van der Waals surface area (Å²) < 4.78 is 0. The smallest absolute Gasteiger partial charge is 0.214 e. The Morgan fingerprint density at radius 1 is 1.24 bits per heavy atom. The maximum Gasteiger partial charge on any atom is 0.214 e. The first-order valence-electron chi connectivity index (χ1n) is 8.60. The molecule has 0 aliphatic carbocycles. The van der Waals surface area contributed by atoms with Crippen LogP contribution in [0.4, 0.5) is 11.4 Å². The third kappa shape index (κ3) is 2.70. The maximum atomic E-state index is 11.3. The van der Waals surface area contributed by atoms with Crippen LogP contribution in [0.1, 0.15) is 16.7 Å². The molecule has 0 aromatic heterocycles. The summed E-state index contributed by atoms with van der Waals surface area (Å²) in [6, 6.07) is 12.5. The van der Waals surface area contributed by atoms with E-state index < -0.39 is 0 Å². The molecule has 4 nitrogen and oxygen atoms in total. The van der Waals surface area contributed by atoms with Crippen LogP contribution < -0.4 is 10.2 Å². The molecule has 2 aromatic rings. The number of nitrogens with one attached hydrogen (secondary N) is 1. The van der Waals surface area contributed by atoms with Crippen molar-refractivity contribution in [3.8, 4) is 0 Å². The Bertz CT molecular complexity index is 830. The number of hydrogen-bond acceptors (Lipinski definition) is 3.